The molecule has 116 valence electrons. The summed E-state index contributed by atoms with van der Waals surface area (Å²) in [5.74, 6) is -0.121. The van der Waals surface area contributed by atoms with Crippen LogP contribution in [0.4, 0.5) is 0 Å². The molecule has 0 saturated carbocycles. The van der Waals surface area contributed by atoms with E-state index < -0.39 is 0 Å². The van der Waals surface area contributed by atoms with Gasteiger partial charge in [0, 0.05) is 19.1 Å². The molecule has 0 radical (unpaired) electrons. The molecular weight excluding hydrogens is 282 g/mol. The Hall–Kier alpha value is -0.850. The Bertz CT molecular complexity index is 365. The van der Waals surface area contributed by atoms with Gasteiger partial charge in [0.05, 0.1) is 12.7 Å². The second-order valence-corrected chi connectivity index (χ2v) is 5.48. The van der Waals surface area contributed by atoms with Crippen LogP contribution in [0, 0.1) is 0 Å². The van der Waals surface area contributed by atoms with E-state index in [1.807, 2.05) is 20.8 Å². The Labute approximate surface area is 126 Å². The number of rotatable bonds is 3. The van der Waals surface area contributed by atoms with E-state index in [0.29, 0.717) is 26.1 Å². The second-order valence-electron chi connectivity index (χ2n) is 5.48. The van der Waals surface area contributed by atoms with Crippen molar-refractivity contribution < 1.29 is 14.3 Å². The van der Waals surface area contributed by atoms with Crippen LogP contribution >= 0.6 is 12.4 Å². The minimum absolute atomic E-state index is 0. The van der Waals surface area contributed by atoms with Gasteiger partial charge in [0.15, 0.2) is 0 Å². The fourth-order valence-electron chi connectivity index (χ4n) is 2.64. The fraction of sp³-hybridized carbons (Fsp3) is 0.846. The number of carbonyl (C=O) groups is 2. The van der Waals surface area contributed by atoms with Gasteiger partial charge in [-0.3, -0.25) is 9.59 Å². The number of morpholine rings is 1. The zero-order chi connectivity index (χ0) is 14.0. The summed E-state index contributed by atoms with van der Waals surface area (Å²) in [5.41, 5.74) is 0. The summed E-state index contributed by atoms with van der Waals surface area (Å²) < 4.78 is 5.44. The molecule has 0 aliphatic carbocycles. The van der Waals surface area contributed by atoms with Crippen LogP contribution in [0.1, 0.15) is 27.2 Å². The molecule has 2 fully saturated rings. The van der Waals surface area contributed by atoms with Crippen molar-refractivity contribution >= 4 is 24.2 Å². The fourth-order valence-corrected chi connectivity index (χ4v) is 2.64. The second kappa shape index (κ2) is 7.24. The average Bonchev–Trinajstić information content (AvgIpc) is 2.71. The van der Waals surface area contributed by atoms with Gasteiger partial charge in [-0.15, -0.1) is 12.4 Å². The molecule has 2 saturated heterocycles. The maximum Gasteiger partial charge on any atom is 0.245 e. The predicted molar refractivity (Wildman–Crippen MR) is 77.8 cm³/mol. The van der Waals surface area contributed by atoms with E-state index in [0.717, 1.165) is 0 Å². The summed E-state index contributed by atoms with van der Waals surface area (Å²) in [5, 5.41) is 5.97. The first-order valence-corrected chi connectivity index (χ1v) is 6.96. The zero-order valence-electron chi connectivity index (χ0n) is 12.2. The van der Waals surface area contributed by atoms with Gasteiger partial charge in [-0.2, -0.15) is 0 Å². The zero-order valence-corrected chi connectivity index (χ0v) is 13.0. The first kappa shape index (κ1) is 17.2. The molecule has 6 nitrogen and oxygen atoms in total. The summed E-state index contributed by atoms with van der Waals surface area (Å²) in [4.78, 5) is 26.1. The van der Waals surface area contributed by atoms with Crippen LogP contribution in [0.15, 0.2) is 0 Å². The molecule has 20 heavy (non-hydrogen) atoms. The van der Waals surface area contributed by atoms with Gasteiger partial charge in [-0.25, -0.2) is 0 Å². The van der Waals surface area contributed by atoms with Gasteiger partial charge in [-0.05, 0) is 27.2 Å². The van der Waals surface area contributed by atoms with Crippen LogP contribution in [0.25, 0.3) is 0 Å². The third kappa shape index (κ3) is 3.62. The molecule has 3 atom stereocenters. The predicted octanol–water partition coefficient (Wildman–Crippen LogP) is -0.0894. The molecule has 2 heterocycles. The Kier molecular flexibility index (Phi) is 6.23. The first-order chi connectivity index (χ1) is 9.00. The molecule has 2 aliphatic heterocycles. The van der Waals surface area contributed by atoms with Crippen molar-refractivity contribution in [2.24, 2.45) is 0 Å². The SMILES string of the molecule is CC(C)N1CCC(NC(=O)[C@H]2NCCO[C@@H]2C)C1=O.Cl. The van der Waals surface area contributed by atoms with E-state index in [2.05, 4.69) is 10.6 Å². The molecule has 2 amide bonds. The molecule has 0 aromatic carbocycles. The number of nitrogens with one attached hydrogen (secondary N) is 2. The lowest BCUT2D eigenvalue weighted by atomic mass is 10.1. The number of likely N-dealkylation sites (tertiary alicyclic amines) is 1. The minimum atomic E-state index is -0.383. The maximum atomic E-state index is 12.2. The van der Waals surface area contributed by atoms with Crippen molar-refractivity contribution in [2.75, 3.05) is 19.7 Å². The number of ether oxygens (including phenoxy) is 1. The number of hydrogen-bond donors (Lipinski definition) is 2. The molecule has 2 N–H and O–H groups in total. The van der Waals surface area contributed by atoms with Crippen LogP contribution in [-0.2, 0) is 14.3 Å². The quantitative estimate of drug-likeness (QED) is 0.764. The monoisotopic (exact) mass is 305 g/mol. The van der Waals surface area contributed by atoms with Gasteiger partial charge in [-0.1, -0.05) is 0 Å². The van der Waals surface area contributed by atoms with Crippen LogP contribution in [0.5, 0.6) is 0 Å². The first-order valence-electron chi connectivity index (χ1n) is 6.96. The van der Waals surface area contributed by atoms with Crippen molar-refractivity contribution in [2.45, 2.75) is 51.4 Å². The molecular formula is C13H24ClN3O3. The smallest absolute Gasteiger partial charge is 0.245 e. The van der Waals surface area contributed by atoms with E-state index in [4.69, 9.17) is 4.74 Å². The van der Waals surface area contributed by atoms with Crippen LogP contribution in [0.3, 0.4) is 0 Å². The van der Waals surface area contributed by atoms with Crippen molar-refractivity contribution in [3.63, 3.8) is 0 Å². The van der Waals surface area contributed by atoms with Gasteiger partial charge in [0.25, 0.3) is 0 Å². The number of amides is 2. The highest BCUT2D eigenvalue weighted by molar-refractivity contribution is 5.91. The summed E-state index contributed by atoms with van der Waals surface area (Å²) in [7, 11) is 0. The van der Waals surface area contributed by atoms with E-state index in [-0.39, 0.29) is 48.5 Å². The lowest BCUT2D eigenvalue weighted by Gasteiger charge is -2.30. The summed E-state index contributed by atoms with van der Waals surface area (Å²) >= 11 is 0. The third-order valence-electron chi connectivity index (χ3n) is 3.78. The highest BCUT2D eigenvalue weighted by Crippen LogP contribution is 2.15. The molecule has 2 aliphatic rings. The van der Waals surface area contributed by atoms with E-state index in [9.17, 15) is 9.59 Å². The van der Waals surface area contributed by atoms with Crippen molar-refractivity contribution in [1.82, 2.24) is 15.5 Å². The molecule has 0 aromatic heterocycles. The molecule has 1 unspecified atom stereocenters. The van der Waals surface area contributed by atoms with Crippen LogP contribution in [-0.4, -0.2) is 60.6 Å². The molecule has 2 rings (SSSR count). The summed E-state index contributed by atoms with van der Waals surface area (Å²) in [6.07, 6.45) is 0.525. The molecule has 0 aromatic rings. The molecule has 0 spiro atoms. The lowest BCUT2D eigenvalue weighted by Crippen LogP contribution is -2.58. The van der Waals surface area contributed by atoms with Gasteiger partial charge in [0.1, 0.15) is 12.1 Å². The van der Waals surface area contributed by atoms with Gasteiger partial charge < -0.3 is 20.3 Å². The van der Waals surface area contributed by atoms with E-state index in [1.54, 1.807) is 4.90 Å². The number of hydrogen-bond acceptors (Lipinski definition) is 4. The topological polar surface area (TPSA) is 70.7 Å². The molecule has 7 heteroatoms. The standard InChI is InChI=1S/C13H23N3O3.ClH/c1-8(2)16-6-4-10(13(16)18)15-12(17)11-9(3)19-7-5-14-11;/h8-11,14H,4-7H2,1-3H3,(H,15,17);1H/t9-,10?,11+;/m1./s1. The van der Waals surface area contributed by atoms with Crippen molar-refractivity contribution in [3.05, 3.63) is 0 Å². The number of carbonyl (C=O) groups excluding carboxylic acids is 2. The van der Waals surface area contributed by atoms with Crippen LogP contribution < -0.4 is 10.6 Å². The van der Waals surface area contributed by atoms with Crippen LogP contribution in [0.2, 0.25) is 0 Å². The lowest BCUT2D eigenvalue weighted by molar-refractivity contribution is -0.136. The van der Waals surface area contributed by atoms with Crippen molar-refractivity contribution in [3.8, 4) is 0 Å². The maximum absolute atomic E-state index is 12.2. The van der Waals surface area contributed by atoms with Gasteiger partial charge >= 0.3 is 0 Å². The largest absolute Gasteiger partial charge is 0.375 e. The third-order valence-corrected chi connectivity index (χ3v) is 3.78. The Morgan fingerprint density at radius 1 is 1.50 bits per heavy atom. The highest BCUT2D eigenvalue weighted by Gasteiger charge is 2.36. The average molecular weight is 306 g/mol. The Morgan fingerprint density at radius 3 is 2.75 bits per heavy atom. The summed E-state index contributed by atoms with van der Waals surface area (Å²) in [6.45, 7) is 7.84. The van der Waals surface area contributed by atoms with Gasteiger partial charge in [0.2, 0.25) is 11.8 Å². The normalized spacial score (nSPS) is 30.3. The molecule has 0 bridgehead atoms. The Morgan fingerprint density at radius 2 is 2.20 bits per heavy atom. The summed E-state index contributed by atoms with van der Waals surface area (Å²) in [6, 6.07) is -0.565. The highest BCUT2D eigenvalue weighted by atomic mass is 35.5. The number of nitrogens with zero attached hydrogens (tertiary/aromatic N) is 1. The van der Waals surface area contributed by atoms with E-state index >= 15 is 0 Å². The minimum Gasteiger partial charge on any atom is -0.375 e. The van der Waals surface area contributed by atoms with Crippen molar-refractivity contribution in [1.29, 1.82) is 0 Å². The van der Waals surface area contributed by atoms with E-state index in [1.165, 1.54) is 0 Å². The number of halogens is 1. The Balaban J connectivity index is 0.00000200.